The minimum atomic E-state index is -0.651. The fourth-order valence-electron chi connectivity index (χ4n) is 2.55. The van der Waals surface area contributed by atoms with E-state index in [0.717, 1.165) is 22.5 Å². The van der Waals surface area contributed by atoms with E-state index in [1.165, 1.54) is 0 Å². The Morgan fingerprint density at radius 1 is 1.21 bits per heavy atom. The molecule has 6 nitrogen and oxygen atoms in total. The quantitative estimate of drug-likeness (QED) is 0.331. The lowest BCUT2D eigenvalue weighted by Gasteiger charge is -2.25. The lowest BCUT2D eigenvalue weighted by Crippen LogP contribution is -2.37. The van der Waals surface area contributed by atoms with Gasteiger partial charge in [0.05, 0.1) is 11.6 Å². The SMILES string of the molecule is CC(C(=O)OC(C)(C)CN)c1ccc(-c2cn3ccccc3n2)cc1.CI.O. The van der Waals surface area contributed by atoms with E-state index in [2.05, 4.69) is 27.6 Å². The number of aromatic nitrogens is 2. The molecule has 4 N–H and O–H groups in total. The largest absolute Gasteiger partial charge is 0.458 e. The van der Waals surface area contributed by atoms with Crippen LogP contribution in [-0.2, 0) is 9.53 Å². The molecule has 0 radical (unpaired) electrons. The van der Waals surface area contributed by atoms with Gasteiger partial charge < -0.3 is 20.3 Å². The van der Waals surface area contributed by atoms with Crippen molar-refractivity contribution in [3.05, 3.63) is 60.4 Å². The Balaban J connectivity index is 0.00000127. The maximum absolute atomic E-state index is 12.3. The second kappa shape index (κ2) is 10.5. The average Bonchev–Trinajstić information content (AvgIpc) is 3.13. The van der Waals surface area contributed by atoms with Gasteiger partial charge in [-0.2, -0.15) is 0 Å². The van der Waals surface area contributed by atoms with Crippen molar-refractivity contribution in [1.29, 1.82) is 0 Å². The maximum Gasteiger partial charge on any atom is 0.313 e. The second-order valence-electron chi connectivity index (χ2n) is 6.82. The van der Waals surface area contributed by atoms with Crippen LogP contribution in [0.3, 0.4) is 0 Å². The molecule has 0 aliphatic rings. The topological polar surface area (TPSA) is 101 Å². The van der Waals surface area contributed by atoms with E-state index in [9.17, 15) is 4.79 Å². The number of fused-ring (bicyclic) bond motifs is 1. The highest BCUT2D eigenvalue weighted by molar-refractivity contribution is 14.1. The zero-order valence-electron chi connectivity index (χ0n) is 16.6. The van der Waals surface area contributed by atoms with Crippen molar-refractivity contribution >= 4 is 34.2 Å². The number of ether oxygens (including phenoxy) is 1. The molecule has 0 saturated heterocycles. The first-order valence-corrected chi connectivity index (χ1v) is 10.9. The Labute approximate surface area is 179 Å². The van der Waals surface area contributed by atoms with Gasteiger partial charge in [-0.3, -0.25) is 4.79 Å². The van der Waals surface area contributed by atoms with Crippen LogP contribution in [0.5, 0.6) is 0 Å². The third-order valence-electron chi connectivity index (χ3n) is 4.29. The summed E-state index contributed by atoms with van der Waals surface area (Å²) >= 11 is 2.15. The molecule has 0 saturated carbocycles. The summed E-state index contributed by atoms with van der Waals surface area (Å²) in [5.41, 5.74) is 8.70. The molecule has 1 aromatic carbocycles. The zero-order valence-corrected chi connectivity index (χ0v) is 18.8. The number of carbonyl (C=O) groups excluding carboxylic acids is 1. The van der Waals surface area contributed by atoms with Gasteiger partial charge in [0.25, 0.3) is 0 Å². The van der Waals surface area contributed by atoms with Gasteiger partial charge in [-0.05, 0) is 43.4 Å². The molecule has 0 bridgehead atoms. The van der Waals surface area contributed by atoms with Gasteiger partial charge in [0.15, 0.2) is 0 Å². The minimum Gasteiger partial charge on any atom is -0.458 e. The monoisotopic (exact) mass is 497 g/mol. The van der Waals surface area contributed by atoms with Gasteiger partial charge in [0, 0.05) is 24.5 Å². The predicted octanol–water partition coefficient (Wildman–Crippen LogP) is 3.61. The highest BCUT2D eigenvalue weighted by atomic mass is 127. The minimum absolute atomic E-state index is 0. The lowest BCUT2D eigenvalue weighted by atomic mass is 9.99. The van der Waals surface area contributed by atoms with Crippen molar-refractivity contribution in [2.24, 2.45) is 5.73 Å². The summed E-state index contributed by atoms with van der Waals surface area (Å²) in [7, 11) is 0. The van der Waals surface area contributed by atoms with Crippen molar-refractivity contribution in [2.75, 3.05) is 11.5 Å². The molecule has 0 fully saturated rings. The molecular formula is C21H28IN3O3. The molecule has 2 heterocycles. The third-order valence-corrected chi connectivity index (χ3v) is 4.29. The molecule has 0 aliphatic heterocycles. The van der Waals surface area contributed by atoms with E-state index >= 15 is 0 Å². The molecule has 152 valence electrons. The van der Waals surface area contributed by atoms with Gasteiger partial charge in [0.1, 0.15) is 11.2 Å². The van der Waals surface area contributed by atoms with E-state index in [4.69, 9.17) is 10.5 Å². The maximum atomic E-state index is 12.3. The van der Waals surface area contributed by atoms with E-state index < -0.39 is 5.60 Å². The second-order valence-corrected chi connectivity index (χ2v) is 6.82. The van der Waals surface area contributed by atoms with Crippen LogP contribution in [-0.4, -0.2) is 37.9 Å². The number of hydrogen-bond acceptors (Lipinski definition) is 4. The van der Waals surface area contributed by atoms with Gasteiger partial charge >= 0.3 is 5.97 Å². The number of nitrogens with two attached hydrogens (primary N) is 1. The smallest absolute Gasteiger partial charge is 0.313 e. The van der Waals surface area contributed by atoms with Crippen molar-refractivity contribution in [3.63, 3.8) is 0 Å². The Bertz CT molecular complexity index is 858. The highest BCUT2D eigenvalue weighted by Crippen LogP contribution is 2.24. The number of carbonyl (C=O) groups is 1. The first-order chi connectivity index (χ1) is 12.9. The summed E-state index contributed by atoms with van der Waals surface area (Å²) in [6, 6.07) is 13.8. The van der Waals surface area contributed by atoms with Crippen LogP contribution in [0, 0.1) is 0 Å². The van der Waals surface area contributed by atoms with Crippen LogP contribution in [0.2, 0.25) is 0 Å². The van der Waals surface area contributed by atoms with Crippen LogP contribution in [0.4, 0.5) is 0 Å². The fraction of sp³-hybridized carbons (Fsp3) is 0.333. The van der Waals surface area contributed by atoms with Crippen molar-refractivity contribution in [3.8, 4) is 11.3 Å². The summed E-state index contributed by atoms with van der Waals surface area (Å²) in [6.45, 7) is 5.75. The Kier molecular flexibility index (Phi) is 9.06. The molecule has 3 aromatic rings. The molecule has 3 rings (SSSR count). The van der Waals surface area contributed by atoms with Crippen molar-refractivity contribution in [2.45, 2.75) is 32.3 Å². The van der Waals surface area contributed by atoms with Crippen molar-refractivity contribution < 1.29 is 15.0 Å². The van der Waals surface area contributed by atoms with Crippen LogP contribution in [0.15, 0.2) is 54.9 Å². The van der Waals surface area contributed by atoms with Gasteiger partial charge in [0.2, 0.25) is 0 Å². The molecule has 1 atom stereocenters. The number of benzene rings is 1. The Morgan fingerprint density at radius 3 is 2.43 bits per heavy atom. The van der Waals surface area contributed by atoms with E-state index in [1.54, 1.807) is 0 Å². The number of esters is 1. The molecule has 0 amide bonds. The number of rotatable bonds is 5. The summed E-state index contributed by atoms with van der Waals surface area (Å²) in [4.78, 5) is 18.9. The molecule has 0 spiro atoms. The molecule has 7 heteroatoms. The Hall–Kier alpha value is -1.97. The highest BCUT2D eigenvalue weighted by Gasteiger charge is 2.25. The molecule has 1 unspecified atom stereocenters. The first-order valence-electron chi connectivity index (χ1n) is 8.74. The summed E-state index contributed by atoms with van der Waals surface area (Å²) in [5, 5.41) is 0. The number of nitrogens with zero attached hydrogens (tertiary/aromatic N) is 2. The summed E-state index contributed by atoms with van der Waals surface area (Å²) in [5.74, 6) is -0.614. The average molecular weight is 497 g/mol. The normalized spacial score (nSPS) is 11.8. The molecule has 28 heavy (non-hydrogen) atoms. The Morgan fingerprint density at radius 2 is 1.86 bits per heavy atom. The standard InChI is InChI=1S/C20H23N3O2.CH3I.H2O/c1-14(19(24)25-20(2,3)13-21)15-7-9-16(10-8-15)17-12-23-11-5-4-6-18(23)22-17;1-2;/h4-12,14H,13,21H2,1-3H3;1H3;1H2. The van der Waals surface area contributed by atoms with Crippen LogP contribution in [0.25, 0.3) is 16.9 Å². The summed E-state index contributed by atoms with van der Waals surface area (Å²) in [6.07, 6.45) is 3.96. The first kappa shape index (κ1) is 24.1. The van der Waals surface area contributed by atoms with Gasteiger partial charge in [-0.25, -0.2) is 4.98 Å². The number of pyridine rings is 1. The number of imidazole rings is 1. The fourth-order valence-corrected chi connectivity index (χ4v) is 2.55. The number of hydrogen-bond donors (Lipinski definition) is 1. The zero-order chi connectivity index (χ0) is 20.0. The summed E-state index contributed by atoms with van der Waals surface area (Å²) < 4.78 is 7.46. The van der Waals surface area contributed by atoms with Crippen LogP contribution in [0.1, 0.15) is 32.3 Å². The van der Waals surface area contributed by atoms with Crippen molar-refractivity contribution in [1.82, 2.24) is 9.38 Å². The van der Waals surface area contributed by atoms with Gasteiger partial charge in [-0.15, -0.1) is 0 Å². The molecule has 0 aliphatic carbocycles. The molecular weight excluding hydrogens is 469 g/mol. The predicted molar refractivity (Wildman–Crippen MR) is 122 cm³/mol. The van der Waals surface area contributed by atoms with Gasteiger partial charge in [-0.1, -0.05) is 52.9 Å². The molecule has 2 aromatic heterocycles. The van der Waals surface area contributed by atoms with E-state index in [-0.39, 0.29) is 23.9 Å². The lowest BCUT2D eigenvalue weighted by molar-refractivity contribution is -0.157. The van der Waals surface area contributed by atoms with Crippen LogP contribution >= 0.6 is 22.6 Å². The number of halogens is 1. The van der Waals surface area contributed by atoms with E-state index in [1.807, 2.05) is 85.0 Å². The number of alkyl halides is 1. The third kappa shape index (κ3) is 5.76. The van der Waals surface area contributed by atoms with Crippen LogP contribution < -0.4 is 5.73 Å². The van der Waals surface area contributed by atoms with E-state index in [0.29, 0.717) is 0 Å².